The van der Waals surface area contributed by atoms with Crippen LogP contribution in [0.2, 0.25) is 0 Å². The third kappa shape index (κ3) is 2.80. The van der Waals surface area contributed by atoms with Crippen LogP contribution in [0.5, 0.6) is 0 Å². The van der Waals surface area contributed by atoms with Gasteiger partial charge in [0.1, 0.15) is 7.14 Å². The predicted octanol–water partition coefficient (Wildman–Crippen LogP) is 6.49. The molecular weight excluding hydrogens is 397 g/mol. The first-order chi connectivity index (χ1) is 15.1. The molecule has 1 atom stereocenters. The monoisotopic (exact) mass is 417 g/mol. The highest BCUT2D eigenvalue weighted by Crippen LogP contribution is 2.50. The van der Waals surface area contributed by atoms with E-state index in [1.807, 2.05) is 37.1 Å². The highest BCUT2D eigenvalue weighted by Gasteiger charge is 2.34. The number of nitrogens with zero attached hydrogens (tertiary/aromatic N) is 1. The van der Waals surface area contributed by atoms with Crippen molar-refractivity contribution in [3.8, 4) is 33.4 Å². The van der Waals surface area contributed by atoms with E-state index in [0.717, 1.165) is 44.0 Å². The van der Waals surface area contributed by atoms with Crippen molar-refractivity contribution in [2.45, 2.75) is 0 Å². The summed E-state index contributed by atoms with van der Waals surface area (Å²) in [4.78, 5) is 4.32. The number of fused-ring (bicyclic) bond motifs is 4. The molecule has 1 unspecified atom stereocenters. The summed E-state index contributed by atoms with van der Waals surface area (Å²) in [6.07, 6.45) is 3.71. The first-order valence-corrected chi connectivity index (χ1v) is 12.5. The molecule has 0 saturated carbocycles. The molecule has 148 valence electrons. The van der Waals surface area contributed by atoms with Gasteiger partial charge in [0.15, 0.2) is 0 Å². The van der Waals surface area contributed by atoms with Crippen molar-refractivity contribution in [2.75, 3.05) is 6.66 Å². The molecule has 0 bridgehead atoms. The fourth-order valence-corrected chi connectivity index (χ4v) is 7.06. The summed E-state index contributed by atoms with van der Waals surface area (Å²) in [6, 6.07) is 31.4. The lowest BCUT2D eigenvalue weighted by molar-refractivity contribution is 0.591. The maximum atomic E-state index is 13.7. The lowest BCUT2D eigenvalue weighted by Crippen LogP contribution is -2.08. The zero-order chi connectivity index (χ0) is 21.0. The molecule has 1 aliphatic heterocycles. The van der Waals surface area contributed by atoms with Crippen LogP contribution in [0.25, 0.3) is 44.2 Å². The minimum atomic E-state index is -2.60. The fourth-order valence-electron chi connectivity index (χ4n) is 4.73. The predicted molar refractivity (Wildman–Crippen MR) is 131 cm³/mol. The van der Waals surface area contributed by atoms with E-state index in [2.05, 4.69) is 71.7 Å². The van der Waals surface area contributed by atoms with Crippen LogP contribution in [0.15, 0.2) is 103 Å². The Labute approximate surface area is 181 Å². The summed E-state index contributed by atoms with van der Waals surface area (Å²) in [6.45, 7) is 1.89. The fraction of sp³-hybridized carbons (Fsp3) is 0.0357. The summed E-state index contributed by atoms with van der Waals surface area (Å²) < 4.78 is 13.7. The SMILES string of the molecule is CP1(=O)c2ccccc2-c2ccc(-c3cc(-c4cccnc4)c4ccccc4c3)cc21. The van der Waals surface area contributed by atoms with Crippen LogP contribution in [-0.4, -0.2) is 11.6 Å². The van der Waals surface area contributed by atoms with Gasteiger partial charge in [0.25, 0.3) is 0 Å². The first-order valence-electron chi connectivity index (χ1n) is 10.4. The van der Waals surface area contributed by atoms with Gasteiger partial charge in [-0.3, -0.25) is 4.98 Å². The summed E-state index contributed by atoms with van der Waals surface area (Å²) in [5.74, 6) is 0. The minimum absolute atomic E-state index is 0.960. The molecule has 2 heterocycles. The number of rotatable bonds is 2. The topological polar surface area (TPSA) is 30.0 Å². The molecule has 0 radical (unpaired) electrons. The van der Waals surface area contributed by atoms with Crippen LogP contribution < -0.4 is 10.6 Å². The van der Waals surface area contributed by atoms with E-state index in [-0.39, 0.29) is 0 Å². The van der Waals surface area contributed by atoms with E-state index in [4.69, 9.17) is 0 Å². The van der Waals surface area contributed by atoms with Gasteiger partial charge in [0.2, 0.25) is 0 Å². The Bertz CT molecular complexity index is 1520. The van der Waals surface area contributed by atoms with Crippen molar-refractivity contribution in [3.63, 3.8) is 0 Å². The van der Waals surface area contributed by atoms with Crippen molar-refractivity contribution in [1.82, 2.24) is 4.98 Å². The van der Waals surface area contributed by atoms with Gasteiger partial charge < -0.3 is 4.57 Å². The molecule has 0 spiro atoms. The van der Waals surface area contributed by atoms with Crippen LogP contribution in [0.3, 0.4) is 0 Å². The molecule has 1 aliphatic rings. The summed E-state index contributed by atoms with van der Waals surface area (Å²) >= 11 is 0. The smallest absolute Gasteiger partial charge is 0.141 e. The van der Waals surface area contributed by atoms with E-state index >= 15 is 0 Å². The highest BCUT2D eigenvalue weighted by molar-refractivity contribution is 7.79. The standard InChI is InChI=1S/C28H20NOP/c1-31(30)27-11-5-4-10-24(27)25-13-12-19(17-28(25)31)22-15-20-7-2-3-9-23(20)26(16-22)21-8-6-14-29-18-21/h2-18H,1H3. The van der Waals surface area contributed by atoms with Gasteiger partial charge in [0.05, 0.1) is 0 Å². The quantitative estimate of drug-likeness (QED) is 0.307. The maximum Gasteiger partial charge on any atom is 0.141 e. The summed E-state index contributed by atoms with van der Waals surface area (Å²) in [7, 11) is -2.60. The highest BCUT2D eigenvalue weighted by atomic mass is 31.2. The minimum Gasteiger partial charge on any atom is -0.314 e. The van der Waals surface area contributed by atoms with Crippen molar-refractivity contribution < 1.29 is 4.57 Å². The molecule has 6 rings (SSSR count). The number of pyridine rings is 1. The van der Waals surface area contributed by atoms with E-state index in [1.54, 1.807) is 6.20 Å². The van der Waals surface area contributed by atoms with Gasteiger partial charge in [-0.15, -0.1) is 0 Å². The van der Waals surface area contributed by atoms with E-state index < -0.39 is 7.14 Å². The third-order valence-electron chi connectivity index (χ3n) is 6.28. The van der Waals surface area contributed by atoms with Crippen LogP contribution in [-0.2, 0) is 4.57 Å². The van der Waals surface area contributed by atoms with Gasteiger partial charge in [0, 0.05) is 28.6 Å². The molecule has 31 heavy (non-hydrogen) atoms. The van der Waals surface area contributed by atoms with Crippen molar-refractivity contribution in [2.24, 2.45) is 0 Å². The number of aromatic nitrogens is 1. The largest absolute Gasteiger partial charge is 0.314 e. The van der Waals surface area contributed by atoms with Crippen molar-refractivity contribution in [3.05, 3.63) is 103 Å². The molecule has 0 saturated heterocycles. The van der Waals surface area contributed by atoms with Gasteiger partial charge in [-0.1, -0.05) is 66.7 Å². The van der Waals surface area contributed by atoms with Crippen LogP contribution in [0.1, 0.15) is 0 Å². The van der Waals surface area contributed by atoms with E-state index in [1.165, 1.54) is 10.8 Å². The molecule has 0 aliphatic carbocycles. The zero-order valence-electron chi connectivity index (χ0n) is 17.1. The Kier molecular flexibility index (Phi) is 4.00. The van der Waals surface area contributed by atoms with Crippen molar-refractivity contribution in [1.29, 1.82) is 0 Å². The van der Waals surface area contributed by atoms with E-state index in [9.17, 15) is 4.57 Å². The molecule has 0 fully saturated rings. The Hall–Kier alpha value is -3.48. The van der Waals surface area contributed by atoms with E-state index in [0.29, 0.717) is 0 Å². The van der Waals surface area contributed by atoms with Gasteiger partial charge >= 0.3 is 0 Å². The molecule has 5 aromatic rings. The maximum absolute atomic E-state index is 13.7. The second-order valence-electron chi connectivity index (χ2n) is 8.16. The number of benzene rings is 4. The Morgan fingerprint density at radius 3 is 2.32 bits per heavy atom. The third-order valence-corrected chi connectivity index (χ3v) is 8.88. The van der Waals surface area contributed by atoms with Crippen LogP contribution in [0.4, 0.5) is 0 Å². The number of hydrogen-bond acceptors (Lipinski definition) is 2. The Balaban J connectivity index is 1.58. The van der Waals surface area contributed by atoms with Crippen LogP contribution in [0, 0.1) is 0 Å². The molecule has 4 aromatic carbocycles. The molecule has 1 aromatic heterocycles. The van der Waals surface area contributed by atoms with Gasteiger partial charge in [-0.2, -0.15) is 0 Å². The molecular formula is C28H20NOP. The van der Waals surface area contributed by atoms with Crippen LogP contribution >= 0.6 is 7.14 Å². The lowest BCUT2D eigenvalue weighted by Gasteiger charge is -2.13. The van der Waals surface area contributed by atoms with Gasteiger partial charge in [-0.05, 0) is 69.5 Å². The molecule has 0 N–H and O–H groups in total. The number of hydrogen-bond donors (Lipinski definition) is 0. The molecule has 3 heteroatoms. The normalized spacial score (nSPS) is 16.8. The Morgan fingerprint density at radius 1 is 0.645 bits per heavy atom. The second kappa shape index (κ2) is 6.77. The first kappa shape index (κ1) is 18.3. The zero-order valence-corrected chi connectivity index (χ0v) is 18.0. The second-order valence-corrected chi connectivity index (χ2v) is 11.0. The van der Waals surface area contributed by atoms with Gasteiger partial charge in [-0.25, -0.2) is 0 Å². The average molecular weight is 417 g/mol. The molecule has 2 nitrogen and oxygen atoms in total. The molecule has 0 amide bonds. The average Bonchev–Trinajstić information content (AvgIpc) is 3.06. The Morgan fingerprint density at radius 2 is 1.45 bits per heavy atom. The summed E-state index contributed by atoms with van der Waals surface area (Å²) in [5.41, 5.74) is 6.66. The summed E-state index contributed by atoms with van der Waals surface area (Å²) in [5, 5.41) is 4.32. The lowest BCUT2D eigenvalue weighted by atomic mass is 9.93. The van der Waals surface area contributed by atoms with Crippen molar-refractivity contribution >= 4 is 28.5 Å².